The molecule has 3 aliphatic rings. The van der Waals surface area contributed by atoms with Gasteiger partial charge in [0.2, 0.25) is 0 Å². The highest BCUT2D eigenvalue weighted by Crippen LogP contribution is 2.58. The first kappa shape index (κ1) is 11.0. The SMILES string of the molecule is CC.CCC12CNC(C(C)C)(C1)C2. The van der Waals surface area contributed by atoms with Crippen molar-refractivity contribution in [1.82, 2.24) is 5.32 Å². The Morgan fingerprint density at radius 3 is 2.00 bits per heavy atom. The van der Waals surface area contributed by atoms with Gasteiger partial charge in [0, 0.05) is 12.1 Å². The van der Waals surface area contributed by atoms with E-state index in [1.54, 1.807) is 0 Å². The van der Waals surface area contributed by atoms with Crippen LogP contribution in [0.2, 0.25) is 0 Å². The molecule has 2 bridgehead atoms. The van der Waals surface area contributed by atoms with Crippen molar-refractivity contribution >= 4 is 0 Å². The van der Waals surface area contributed by atoms with Crippen LogP contribution < -0.4 is 5.32 Å². The van der Waals surface area contributed by atoms with Gasteiger partial charge in [0.15, 0.2) is 0 Å². The quantitative estimate of drug-likeness (QED) is 0.693. The fourth-order valence-corrected chi connectivity index (χ4v) is 2.89. The molecule has 0 unspecified atom stereocenters. The van der Waals surface area contributed by atoms with Crippen LogP contribution in [0.1, 0.15) is 53.9 Å². The molecule has 2 saturated heterocycles. The van der Waals surface area contributed by atoms with Crippen molar-refractivity contribution in [3.63, 3.8) is 0 Å². The molecule has 78 valence electrons. The fraction of sp³-hybridized carbons (Fsp3) is 1.00. The van der Waals surface area contributed by atoms with E-state index in [-0.39, 0.29) is 0 Å². The van der Waals surface area contributed by atoms with Gasteiger partial charge in [-0.2, -0.15) is 0 Å². The summed E-state index contributed by atoms with van der Waals surface area (Å²) < 4.78 is 0. The second-order valence-corrected chi connectivity index (χ2v) is 4.87. The molecule has 0 aromatic heterocycles. The van der Waals surface area contributed by atoms with Crippen molar-refractivity contribution in [3.05, 3.63) is 0 Å². The molecule has 3 fully saturated rings. The summed E-state index contributed by atoms with van der Waals surface area (Å²) in [7, 11) is 0. The lowest BCUT2D eigenvalue weighted by molar-refractivity contribution is 0.0697. The van der Waals surface area contributed by atoms with Crippen LogP contribution in [0.15, 0.2) is 0 Å². The molecule has 1 aliphatic carbocycles. The minimum absolute atomic E-state index is 0.552. The van der Waals surface area contributed by atoms with E-state index in [4.69, 9.17) is 0 Å². The molecule has 0 atom stereocenters. The van der Waals surface area contributed by atoms with E-state index in [1.165, 1.54) is 25.8 Å². The first-order valence-electron chi connectivity index (χ1n) is 5.88. The Kier molecular flexibility index (Phi) is 3.06. The van der Waals surface area contributed by atoms with Gasteiger partial charge in [-0.15, -0.1) is 0 Å². The summed E-state index contributed by atoms with van der Waals surface area (Å²) in [5.74, 6) is 0.824. The monoisotopic (exact) mass is 183 g/mol. The molecule has 2 aliphatic heterocycles. The molecule has 1 heteroatoms. The molecular formula is C12H25N. The van der Waals surface area contributed by atoms with Crippen molar-refractivity contribution in [2.75, 3.05) is 6.54 Å². The van der Waals surface area contributed by atoms with Crippen molar-refractivity contribution in [1.29, 1.82) is 0 Å². The molecule has 2 heterocycles. The highest BCUT2D eigenvalue weighted by molar-refractivity contribution is 5.17. The van der Waals surface area contributed by atoms with Crippen LogP contribution in [-0.4, -0.2) is 12.1 Å². The summed E-state index contributed by atoms with van der Waals surface area (Å²) in [6.07, 6.45) is 4.25. The van der Waals surface area contributed by atoms with Crippen LogP contribution in [0.25, 0.3) is 0 Å². The van der Waals surface area contributed by atoms with Gasteiger partial charge in [-0.05, 0) is 30.6 Å². The zero-order chi connectivity index (χ0) is 10.1. The summed E-state index contributed by atoms with van der Waals surface area (Å²) in [6.45, 7) is 12.3. The Hall–Kier alpha value is -0.0400. The zero-order valence-corrected chi connectivity index (χ0v) is 9.91. The third-order valence-corrected chi connectivity index (χ3v) is 4.05. The van der Waals surface area contributed by atoms with E-state index >= 15 is 0 Å². The van der Waals surface area contributed by atoms with Gasteiger partial charge < -0.3 is 5.32 Å². The Morgan fingerprint density at radius 1 is 1.23 bits per heavy atom. The van der Waals surface area contributed by atoms with E-state index < -0.39 is 0 Å². The van der Waals surface area contributed by atoms with Gasteiger partial charge in [0.25, 0.3) is 0 Å². The minimum atomic E-state index is 0.552. The topological polar surface area (TPSA) is 12.0 Å². The van der Waals surface area contributed by atoms with Crippen molar-refractivity contribution < 1.29 is 0 Å². The summed E-state index contributed by atoms with van der Waals surface area (Å²) in [6, 6.07) is 0. The van der Waals surface area contributed by atoms with E-state index in [0.717, 1.165) is 5.92 Å². The minimum Gasteiger partial charge on any atom is -0.310 e. The fourth-order valence-electron chi connectivity index (χ4n) is 2.89. The maximum atomic E-state index is 3.70. The first-order chi connectivity index (χ1) is 6.13. The average molecular weight is 183 g/mol. The van der Waals surface area contributed by atoms with Crippen molar-refractivity contribution in [2.45, 2.75) is 59.4 Å². The highest BCUT2D eigenvalue weighted by Gasteiger charge is 2.60. The number of hydrogen-bond acceptors (Lipinski definition) is 1. The number of nitrogens with one attached hydrogen (secondary N) is 1. The predicted molar refractivity (Wildman–Crippen MR) is 58.9 cm³/mol. The lowest BCUT2D eigenvalue weighted by atomic mass is 9.57. The molecule has 0 aromatic carbocycles. The number of fused-ring (bicyclic) bond motifs is 1. The molecule has 13 heavy (non-hydrogen) atoms. The van der Waals surface area contributed by atoms with Crippen LogP contribution in [0.5, 0.6) is 0 Å². The normalized spacial score (nSPS) is 41.1. The molecule has 1 saturated carbocycles. The smallest absolute Gasteiger partial charge is 0.0216 e. The van der Waals surface area contributed by atoms with Gasteiger partial charge in [0.05, 0.1) is 0 Å². The lowest BCUT2D eigenvalue weighted by Crippen LogP contribution is -2.51. The molecule has 3 rings (SSSR count). The molecule has 0 amide bonds. The summed E-state index contributed by atoms with van der Waals surface area (Å²) in [4.78, 5) is 0. The summed E-state index contributed by atoms with van der Waals surface area (Å²) in [5, 5.41) is 3.70. The van der Waals surface area contributed by atoms with Crippen LogP contribution in [0.3, 0.4) is 0 Å². The van der Waals surface area contributed by atoms with Gasteiger partial charge in [0.1, 0.15) is 0 Å². The lowest BCUT2D eigenvalue weighted by Gasteiger charge is -2.48. The standard InChI is InChI=1S/C10H19N.C2H6/c1-4-9-5-10(6-9,8(2)3)11-7-9;1-2/h8,11H,4-7H2,1-3H3;1-2H3. The Morgan fingerprint density at radius 2 is 1.77 bits per heavy atom. The summed E-state index contributed by atoms with van der Waals surface area (Å²) in [5.41, 5.74) is 1.26. The van der Waals surface area contributed by atoms with E-state index in [0.29, 0.717) is 11.0 Å². The average Bonchev–Trinajstić information content (AvgIpc) is 2.62. The van der Waals surface area contributed by atoms with Crippen LogP contribution in [0.4, 0.5) is 0 Å². The molecule has 1 N–H and O–H groups in total. The Balaban J connectivity index is 0.000000396. The number of hydrogen-bond donors (Lipinski definition) is 1. The van der Waals surface area contributed by atoms with Crippen LogP contribution >= 0.6 is 0 Å². The van der Waals surface area contributed by atoms with Crippen LogP contribution in [0, 0.1) is 11.3 Å². The number of rotatable bonds is 2. The molecule has 1 nitrogen and oxygen atoms in total. The third kappa shape index (κ3) is 1.52. The molecule has 0 spiro atoms. The predicted octanol–water partition coefficient (Wildman–Crippen LogP) is 3.20. The van der Waals surface area contributed by atoms with E-state index in [9.17, 15) is 0 Å². The van der Waals surface area contributed by atoms with Crippen molar-refractivity contribution in [3.8, 4) is 0 Å². The molecule has 0 radical (unpaired) electrons. The van der Waals surface area contributed by atoms with Gasteiger partial charge in [-0.3, -0.25) is 0 Å². The maximum absolute atomic E-state index is 3.70. The second-order valence-electron chi connectivity index (χ2n) is 4.87. The Labute approximate surface area is 83.3 Å². The van der Waals surface area contributed by atoms with Gasteiger partial charge in [-0.1, -0.05) is 34.6 Å². The molecule has 0 aromatic rings. The highest BCUT2D eigenvalue weighted by atomic mass is 15.1. The van der Waals surface area contributed by atoms with Crippen molar-refractivity contribution in [2.24, 2.45) is 11.3 Å². The maximum Gasteiger partial charge on any atom is 0.0216 e. The van der Waals surface area contributed by atoms with Gasteiger partial charge in [-0.25, -0.2) is 0 Å². The Bertz CT molecular complexity index is 166. The third-order valence-electron chi connectivity index (χ3n) is 4.05. The zero-order valence-electron chi connectivity index (χ0n) is 9.91. The van der Waals surface area contributed by atoms with E-state index in [2.05, 4.69) is 26.1 Å². The first-order valence-corrected chi connectivity index (χ1v) is 5.88. The largest absolute Gasteiger partial charge is 0.310 e. The van der Waals surface area contributed by atoms with Gasteiger partial charge >= 0.3 is 0 Å². The summed E-state index contributed by atoms with van der Waals surface area (Å²) >= 11 is 0. The van der Waals surface area contributed by atoms with Crippen LogP contribution in [-0.2, 0) is 0 Å². The second kappa shape index (κ2) is 3.61. The molecular weight excluding hydrogens is 158 g/mol. The van der Waals surface area contributed by atoms with E-state index in [1.807, 2.05) is 13.8 Å².